The van der Waals surface area contributed by atoms with E-state index in [9.17, 15) is 10.5 Å². The number of rotatable bonds is 0. The predicted octanol–water partition coefficient (Wildman–Crippen LogP) is 2.25. The third-order valence-corrected chi connectivity index (χ3v) is 6.43. The summed E-state index contributed by atoms with van der Waals surface area (Å²) in [4.78, 5) is 0. The predicted molar refractivity (Wildman–Crippen MR) is 55.5 cm³/mol. The molecule has 5 fully saturated rings. The largest absolute Gasteiger partial charge is 0.197 e. The molecule has 0 N–H and O–H groups in total. The van der Waals surface area contributed by atoms with E-state index in [4.69, 9.17) is 0 Å². The van der Waals surface area contributed by atoms with Gasteiger partial charge in [-0.25, -0.2) is 0 Å². The van der Waals surface area contributed by atoms with Crippen LogP contribution in [0, 0.1) is 63.1 Å². The van der Waals surface area contributed by atoms with Crippen LogP contribution in [0.25, 0.3) is 0 Å². The van der Waals surface area contributed by atoms with Gasteiger partial charge in [-0.3, -0.25) is 0 Å². The van der Waals surface area contributed by atoms with Crippen LogP contribution in [0.15, 0.2) is 11.6 Å². The average molecular weight is 208 g/mol. The molecule has 0 amide bonds. The molecule has 0 heterocycles. The Kier molecular flexibility index (Phi) is 0.910. The minimum absolute atomic E-state index is 0.339. The number of nitriles is 2. The van der Waals surface area contributed by atoms with Crippen molar-refractivity contribution < 1.29 is 0 Å². The number of hydrogen-bond donors (Lipinski definition) is 0. The first-order valence-corrected chi connectivity index (χ1v) is 6.29. The van der Waals surface area contributed by atoms with Gasteiger partial charge < -0.3 is 0 Å². The maximum absolute atomic E-state index is 9.30. The van der Waals surface area contributed by atoms with Crippen LogP contribution >= 0.6 is 0 Å². The molecule has 2 heteroatoms. The van der Waals surface area contributed by atoms with Crippen molar-refractivity contribution >= 4 is 0 Å². The summed E-state index contributed by atoms with van der Waals surface area (Å²) in [5.74, 6) is 4.48. The van der Waals surface area contributed by atoms with E-state index in [2.05, 4.69) is 18.2 Å². The second-order valence-corrected chi connectivity index (χ2v) is 6.58. The summed E-state index contributed by atoms with van der Waals surface area (Å²) in [5, 5.41) is 18.6. The molecule has 2 nitrogen and oxygen atoms in total. The minimum Gasteiger partial charge on any atom is -0.197 e. The highest BCUT2D eigenvalue weighted by Gasteiger charge is 2.84. The molecule has 5 saturated carbocycles. The normalized spacial score (nSPS) is 60.1. The molecule has 6 bridgehead atoms. The summed E-state index contributed by atoms with van der Waals surface area (Å²) >= 11 is 0. The molecule has 0 radical (unpaired) electrons. The third-order valence-electron chi connectivity index (χ3n) is 6.43. The third kappa shape index (κ3) is 0.490. The molecule has 78 valence electrons. The van der Waals surface area contributed by atoms with Gasteiger partial charge in [0.05, 0.1) is 12.1 Å². The summed E-state index contributed by atoms with van der Waals surface area (Å²) in [5.41, 5.74) is 1.17. The number of allylic oxidation sites excluding steroid dienone is 2. The van der Waals surface area contributed by atoms with Gasteiger partial charge in [-0.1, -0.05) is 11.6 Å². The van der Waals surface area contributed by atoms with Crippen LogP contribution in [0.2, 0.25) is 0 Å². The smallest absolute Gasteiger partial charge is 0.148 e. The van der Waals surface area contributed by atoms with Crippen LogP contribution in [0.5, 0.6) is 0 Å². The maximum Gasteiger partial charge on any atom is 0.148 e. The lowest BCUT2D eigenvalue weighted by atomic mass is 9.74. The topological polar surface area (TPSA) is 47.6 Å². The van der Waals surface area contributed by atoms with Gasteiger partial charge in [0, 0.05) is 11.8 Å². The molecule has 0 aromatic heterocycles. The molecule has 6 atom stereocenters. The average Bonchev–Trinajstić information content (AvgIpc) is 2.66. The Balaban J connectivity index is 1.73. The Labute approximate surface area is 94.5 Å². The van der Waals surface area contributed by atoms with E-state index in [1.807, 2.05) is 0 Å². The molecular formula is C14H12N2. The number of nitrogens with zero attached hydrogens (tertiary/aromatic N) is 2. The van der Waals surface area contributed by atoms with E-state index >= 15 is 0 Å². The van der Waals surface area contributed by atoms with Crippen LogP contribution < -0.4 is 0 Å². The lowest BCUT2D eigenvalue weighted by Gasteiger charge is -2.27. The van der Waals surface area contributed by atoms with Crippen molar-refractivity contribution in [3.05, 3.63) is 11.6 Å². The quantitative estimate of drug-likeness (QED) is 0.573. The van der Waals surface area contributed by atoms with Gasteiger partial charge in [-0.2, -0.15) is 10.5 Å². The lowest BCUT2D eigenvalue weighted by Crippen LogP contribution is -2.24. The molecule has 16 heavy (non-hydrogen) atoms. The molecule has 0 aliphatic heterocycles. The van der Waals surface area contributed by atoms with Crippen molar-refractivity contribution in [2.75, 3.05) is 0 Å². The van der Waals surface area contributed by atoms with Crippen molar-refractivity contribution in [1.29, 1.82) is 10.5 Å². The Morgan fingerprint density at radius 1 is 1.31 bits per heavy atom. The van der Waals surface area contributed by atoms with E-state index in [0.717, 1.165) is 42.4 Å². The summed E-state index contributed by atoms with van der Waals surface area (Å²) in [7, 11) is 0. The minimum atomic E-state index is -0.679. The Bertz CT molecular complexity index is 532. The fourth-order valence-electron chi connectivity index (χ4n) is 6.20. The fourth-order valence-corrected chi connectivity index (χ4v) is 6.20. The van der Waals surface area contributed by atoms with Crippen molar-refractivity contribution in [2.45, 2.75) is 19.3 Å². The van der Waals surface area contributed by atoms with Crippen LogP contribution in [0.1, 0.15) is 19.3 Å². The first kappa shape index (κ1) is 7.91. The van der Waals surface area contributed by atoms with Gasteiger partial charge in [0.25, 0.3) is 0 Å². The Hall–Kier alpha value is -1.28. The van der Waals surface area contributed by atoms with E-state index < -0.39 is 5.41 Å². The van der Waals surface area contributed by atoms with Gasteiger partial charge in [0.2, 0.25) is 0 Å². The zero-order chi connectivity index (χ0) is 10.7. The van der Waals surface area contributed by atoms with Gasteiger partial charge >= 0.3 is 0 Å². The van der Waals surface area contributed by atoms with Crippen LogP contribution in [0.4, 0.5) is 0 Å². The first-order valence-electron chi connectivity index (χ1n) is 6.29. The van der Waals surface area contributed by atoms with E-state index in [0.29, 0.717) is 5.41 Å². The lowest BCUT2D eigenvalue weighted by molar-refractivity contribution is 0.250. The van der Waals surface area contributed by atoms with Crippen molar-refractivity contribution in [3.8, 4) is 12.1 Å². The van der Waals surface area contributed by atoms with Crippen LogP contribution in [-0.4, -0.2) is 0 Å². The molecule has 0 aromatic carbocycles. The number of hydrogen-bond acceptors (Lipinski definition) is 2. The first-order chi connectivity index (χ1) is 7.76. The summed E-state index contributed by atoms with van der Waals surface area (Å²) in [6.07, 6.45) is 5.48. The zero-order valence-corrected chi connectivity index (χ0v) is 8.98. The molecular weight excluding hydrogens is 196 g/mol. The second kappa shape index (κ2) is 1.84. The molecule has 6 aliphatic rings. The highest BCUT2D eigenvalue weighted by molar-refractivity contribution is 5.49. The van der Waals surface area contributed by atoms with Crippen LogP contribution in [0.3, 0.4) is 0 Å². The van der Waals surface area contributed by atoms with Crippen LogP contribution in [-0.2, 0) is 0 Å². The highest BCUT2D eigenvalue weighted by Crippen LogP contribution is 2.89. The zero-order valence-electron chi connectivity index (χ0n) is 8.98. The second-order valence-electron chi connectivity index (χ2n) is 6.58. The molecule has 6 unspecified atom stereocenters. The van der Waals surface area contributed by atoms with Gasteiger partial charge in [0.1, 0.15) is 5.41 Å². The molecule has 0 saturated heterocycles. The van der Waals surface area contributed by atoms with Crippen molar-refractivity contribution in [2.24, 2.45) is 40.4 Å². The van der Waals surface area contributed by atoms with Crippen molar-refractivity contribution in [3.63, 3.8) is 0 Å². The standard InChI is InChI=1S/C14H12N2/c15-5-13(6-16)3-7-1-8-10-2-9-11(8)12(9)14(7,10)4-13/h1,8-12H,2-4H2. The van der Waals surface area contributed by atoms with Gasteiger partial charge in [-0.05, 0) is 42.4 Å². The van der Waals surface area contributed by atoms with Gasteiger partial charge in [-0.15, -0.1) is 0 Å². The summed E-state index contributed by atoms with van der Waals surface area (Å²) in [6, 6.07) is 4.62. The highest BCUT2D eigenvalue weighted by atomic mass is 14.9. The molecule has 6 aliphatic carbocycles. The maximum atomic E-state index is 9.30. The SMILES string of the molecule is N#CC1(C#N)CC2=CC3C4C5CC3C2(C1)C54. The summed E-state index contributed by atoms with van der Waals surface area (Å²) < 4.78 is 0. The molecule has 1 spiro atoms. The summed E-state index contributed by atoms with van der Waals surface area (Å²) in [6.45, 7) is 0. The monoisotopic (exact) mass is 208 g/mol. The Morgan fingerprint density at radius 3 is 2.75 bits per heavy atom. The van der Waals surface area contributed by atoms with Crippen molar-refractivity contribution in [1.82, 2.24) is 0 Å². The van der Waals surface area contributed by atoms with E-state index in [1.54, 1.807) is 0 Å². The van der Waals surface area contributed by atoms with Gasteiger partial charge in [0.15, 0.2) is 0 Å². The Morgan fingerprint density at radius 2 is 2.12 bits per heavy atom. The van der Waals surface area contributed by atoms with E-state index in [1.165, 1.54) is 12.0 Å². The van der Waals surface area contributed by atoms with E-state index in [-0.39, 0.29) is 0 Å². The molecule has 6 rings (SSSR count). The fraction of sp³-hybridized carbons (Fsp3) is 0.714. The molecule has 0 aromatic rings.